The lowest BCUT2D eigenvalue weighted by Crippen LogP contribution is -2.35. The third-order valence-corrected chi connectivity index (χ3v) is 4.63. The lowest BCUT2D eigenvalue weighted by Gasteiger charge is -2.21. The Balaban J connectivity index is 1.62. The van der Waals surface area contributed by atoms with Crippen molar-refractivity contribution in [2.24, 2.45) is 13.0 Å². The summed E-state index contributed by atoms with van der Waals surface area (Å²) in [5.74, 6) is 0.918. The maximum absolute atomic E-state index is 12.5. The SMILES string of the molecule is Cn1ncc(C(=O)N2CCCN(CC3CC3)CC2)c1Cl. The Morgan fingerprint density at radius 3 is 2.80 bits per heavy atom. The van der Waals surface area contributed by atoms with Crippen molar-refractivity contribution in [1.29, 1.82) is 0 Å². The molecular formula is C14H21ClN4O. The van der Waals surface area contributed by atoms with Crippen LogP contribution >= 0.6 is 11.6 Å². The molecule has 0 radical (unpaired) electrons. The molecule has 0 N–H and O–H groups in total. The Morgan fingerprint density at radius 2 is 2.15 bits per heavy atom. The van der Waals surface area contributed by atoms with Crippen LogP contribution < -0.4 is 0 Å². The van der Waals surface area contributed by atoms with Crippen LogP contribution in [-0.4, -0.2) is 58.2 Å². The van der Waals surface area contributed by atoms with Crippen LogP contribution in [0.15, 0.2) is 6.20 Å². The molecule has 1 saturated carbocycles. The summed E-state index contributed by atoms with van der Waals surface area (Å²) in [5, 5.41) is 4.47. The van der Waals surface area contributed by atoms with Gasteiger partial charge in [0.1, 0.15) is 5.15 Å². The summed E-state index contributed by atoms with van der Waals surface area (Å²) < 4.78 is 1.53. The van der Waals surface area contributed by atoms with Gasteiger partial charge in [-0.2, -0.15) is 5.10 Å². The van der Waals surface area contributed by atoms with Crippen molar-refractivity contribution in [3.8, 4) is 0 Å². The average molecular weight is 297 g/mol. The zero-order valence-corrected chi connectivity index (χ0v) is 12.6. The van der Waals surface area contributed by atoms with Crippen LogP contribution in [0.5, 0.6) is 0 Å². The van der Waals surface area contributed by atoms with Gasteiger partial charge in [0, 0.05) is 33.2 Å². The molecule has 1 aliphatic carbocycles. The molecule has 0 bridgehead atoms. The van der Waals surface area contributed by atoms with Gasteiger partial charge in [-0.25, -0.2) is 0 Å². The molecule has 110 valence electrons. The summed E-state index contributed by atoms with van der Waals surface area (Å²) >= 11 is 6.11. The number of rotatable bonds is 3. The number of nitrogens with zero attached hydrogens (tertiary/aromatic N) is 4. The van der Waals surface area contributed by atoms with Crippen LogP contribution in [0.3, 0.4) is 0 Å². The number of hydrogen-bond acceptors (Lipinski definition) is 3. The van der Waals surface area contributed by atoms with Gasteiger partial charge in [-0.15, -0.1) is 0 Å². The van der Waals surface area contributed by atoms with E-state index in [0.29, 0.717) is 10.7 Å². The largest absolute Gasteiger partial charge is 0.337 e. The second-order valence-electron chi connectivity index (χ2n) is 5.86. The van der Waals surface area contributed by atoms with E-state index in [0.717, 1.165) is 38.5 Å². The van der Waals surface area contributed by atoms with Crippen LogP contribution in [-0.2, 0) is 7.05 Å². The molecule has 0 aromatic carbocycles. The number of hydrogen-bond donors (Lipinski definition) is 0. The van der Waals surface area contributed by atoms with Gasteiger partial charge in [0.25, 0.3) is 5.91 Å². The fraction of sp³-hybridized carbons (Fsp3) is 0.714. The summed E-state index contributed by atoms with van der Waals surface area (Å²) in [6, 6.07) is 0. The van der Waals surface area contributed by atoms with E-state index in [9.17, 15) is 4.79 Å². The monoisotopic (exact) mass is 296 g/mol. The molecule has 0 spiro atoms. The maximum Gasteiger partial charge on any atom is 0.258 e. The highest BCUT2D eigenvalue weighted by Gasteiger charge is 2.27. The first-order chi connectivity index (χ1) is 9.65. The van der Waals surface area contributed by atoms with Crippen molar-refractivity contribution < 1.29 is 4.79 Å². The number of aromatic nitrogens is 2. The second kappa shape index (κ2) is 5.74. The van der Waals surface area contributed by atoms with Crippen molar-refractivity contribution in [2.45, 2.75) is 19.3 Å². The summed E-state index contributed by atoms with van der Waals surface area (Å²) in [7, 11) is 1.75. The zero-order valence-electron chi connectivity index (χ0n) is 11.9. The minimum absolute atomic E-state index is 0.0105. The van der Waals surface area contributed by atoms with E-state index in [1.807, 2.05) is 4.90 Å². The van der Waals surface area contributed by atoms with Gasteiger partial charge >= 0.3 is 0 Å². The van der Waals surface area contributed by atoms with E-state index in [-0.39, 0.29) is 5.91 Å². The normalized spacial score (nSPS) is 21.0. The minimum atomic E-state index is 0.0105. The highest BCUT2D eigenvalue weighted by Crippen LogP contribution is 2.30. The molecule has 2 heterocycles. The standard InChI is InChI=1S/C14H21ClN4O/c1-17-13(15)12(9-16-17)14(20)19-6-2-5-18(7-8-19)10-11-3-4-11/h9,11H,2-8,10H2,1H3. The van der Waals surface area contributed by atoms with Crippen LogP contribution in [0.25, 0.3) is 0 Å². The topological polar surface area (TPSA) is 41.4 Å². The first kappa shape index (κ1) is 13.9. The molecule has 3 rings (SSSR count). The number of amides is 1. The van der Waals surface area contributed by atoms with Crippen molar-refractivity contribution in [3.05, 3.63) is 16.9 Å². The van der Waals surface area contributed by atoms with E-state index in [1.165, 1.54) is 24.1 Å². The average Bonchev–Trinajstić information content (AvgIpc) is 3.22. The van der Waals surface area contributed by atoms with Gasteiger partial charge in [-0.05, 0) is 31.7 Å². The minimum Gasteiger partial charge on any atom is -0.337 e. The van der Waals surface area contributed by atoms with Crippen LogP contribution in [0.1, 0.15) is 29.6 Å². The maximum atomic E-state index is 12.5. The first-order valence-corrected chi connectivity index (χ1v) is 7.72. The number of carbonyl (C=O) groups excluding carboxylic acids is 1. The third kappa shape index (κ3) is 2.99. The summed E-state index contributed by atoms with van der Waals surface area (Å²) in [6.45, 7) is 4.87. The van der Waals surface area contributed by atoms with Crippen molar-refractivity contribution in [3.63, 3.8) is 0 Å². The van der Waals surface area contributed by atoms with Crippen LogP contribution in [0, 0.1) is 5.92 Å². The van der Waals surface area contributed by atoms with E-state index < -0.39 is 0 Å². The predicted octanol–water partition coefficient (Wildman–Crippen LogP) is 1.63. The van der Waals surface area contributed by atoms with Gasteiger partial charge in [-0.1, -0.05) is 11.6 Å². The fourth-order valence-electron chi connectivity index (χ4n) is 2.76. The second-order valence-corrected chi connectivity index (χ2v) is 6.22. The summed E-state index contributed by atoms with van der Waals surface area (Å²) in [4.78, 5) is 16.9. The van der Waals surface area contributed by atoms with E-state index >= 15 is 0 Å². The number of aryl methyl sites for hydroxylation is 1. The van der Waals surface area contributed by atoms with Gasteiger partial charge in [0.15, 0.2) is 0 Å². The van der Waals surface area contributed by atoms with E-state index in [2.05, 4.69) is 10.00 Å². The van der Waals surface area contributed by atoms with E-state index in [1.54, 1.807) is 13.2 Å². The van der Waals surface area contributed by atoms with Crippen LogP contribution in [0.4, 0.5) is 0 Å². The summed E-state index contributed by atoms with van der Waals surface area (Å²) in [5.41, 5.74) is 0.518. The molecule has 0 unspecified atom stereocenters. The predicted molar refractivity (Wildman–Crippen MR) is 77.9 cm³/mol. The Hall–Kier alpha value is -1.07. The van der Waals surface area contributed by atoms with Crippen molar-refractivity contribution in [1.82, 2.24) is 19.6 Å². The lowest BCUT2D eigenvalue weighted by atomic mass is 10.3. The number of carbonyl (C=O) groups is 1. The van der Waals surface area contributed by atoms with Crippen molar-refractivity contribution in [2.75, 3.05) is 32.7 Å². The Labute approximate surface area is 124 Å². The van der Waals surface area contributed by atoms with Crippen LogP contribution in [0.2, 0.25) is 5.15 Å². The molecule has 1 saturated heterocycles. The molecule has 0 atom stereocenters. The molecule has 20 heavy (non-hydrogen) atoms. The molecular weight excluding hydrogens is 276 g/mol. The Morgan fingerprint density at radius 1 is 1.35 bits per heavy atom. The first-order valence-electron chi connectivity index (χ1n) is 7.34. The van der Waals surface area contributed by atoms with Crippen molar-refractivity contribution >= 4 is 17.5 Å². The quantitative estimate of drug-likeness (QED) is 0.851. The molecule has 5 nitrogen and oxygen atoms in total. The van der Waals surface area contributed by atoms with E-state index in [4.69, 9.17) is 11.6 Å². The Kier molecular flexibility index (Phi) is 3.98. The molecule has 1 aromatic heterocycles. The molecule has 1 aliphatic heterocycles. The number of halogens is 1. The van der Waals surface area contributed by atoms with Gasteiger partial charge in [-0.3, -0.25) is 9.48 Å². The summed E-state index contributed by atoms with van der Waals surface area (Å²) in [6.07, 6.45) is 5.36. The Bertz CT molecular complexity index is 497. The highest BCUT2D eigenvalue weighted by atomic mass is 35.5. The fourth-order valence-corrected chi connectivity index (χ4v) is 2.93. The molecule has 2 aliphatic rings. The molecule has 1 amide bonds. The van der Waals surface area contributed by atoms with Gasteiger partial charge in [0.2, 0.25) is 0 Å². The highest BCUT2D eigenvalue weighted by molar-refractivity contribution is 6.32. The molecule has 6 heteroatoms. The smallest absolute Gasteiger partial charge is 0.258 e. The molecule has 1 aromatic rings. The van der Waals surface area contributed by atoms with Gasteiger partial charge in [0.05, 0.1) is 11.8 Å². The lowest BCUT2D eigenvalue weighted by molar-refractivity contribution is 0.0761. The third-order valence-electron chi connectivity index (χ3n) is 4.19. The zero-order chi connectivity index (χ0) is 14.1. The van der Waals surface area contributed by atoms with Gasteiger partial charge < -0.3 is 9.80 Å². The molecule has 2 fully saturated rings.